The third kappa shape index (κ3) is 3.85. The van der Waals surface area contributed by atoms with Gasteiger partial charge in [-0.1, -0.05) is 48.4 Å². The van der Waals surface area contributed by atoms with E-state index in [-0.39, 0.29) is 16.6 Å². The minimum absolute atomic E-state index is 0.0681. The van der Waals surface area contributed by atoms with E-state index in [9.17, 15) is 10.1 Å². The van der Waals surface area contributed by atoms with Crippen LogP contribution in [0.2, 0.25) is 5.02 Å². The highest BCUT2D eigenvalue weighted by molar-refractivity contribution is 6.32. The quantitative estimate of drug-likeness (QED) is 0.573. The lowest BCUT2D eigenvalue weighted by Gasteiger charge is -2.02. The van der Waals surface area contributed by atoms with Gasteiger partial charge in [-0.15, -0.1) is 10.2 Å². The lowest BCUT2D eigenvalue weighted by Crippen LogP contribution is -1.90. The summed E-state index contributed by atoms with van der Waals surface area (Å²) >= 11 is 5.82. The first-order chi connectivity index (χ1) is 11.9. The van der Waals surface area contributed by atoms with Gasteiger partial charge in [-0.05, 0) is 30.5 Å². The van der Waals surface area contributed by atoms with E-state index in [1.54, 1.807) is 6.07 Å². The molecule has 1 aliphatic carbocycles. The summed E-state index contributed by atoms with van der Waals surface area (Å²) in [5.41, 5.74) is 2.61. The molecule has 1 atom stereocenters. The molecule has 0 saturated carbocycles. The van der Waals surface area contributed by atoms with Gasteiger partial charge in [-0.25, -0.2) is 0 Å². The largest absolute Gasteiger partial charge is 0.420 e. The first-order valence-electron chi connectivity index (χ1n) is 7.76. The molecule has 0 bridgehead atoms. The van der Waals surface area contributed by atoms with Gasteiger partial charge in [-0.3, -0.25) is 10.1 Å². The minimum atomic E-state index is -0.542. The van der Waals surface area contributed by atoms with Crippen LogP contribution in [0.3, 0.4) is 0 Å². The Balaban J connectivity index is 1.83. The van der Waals surface area contributed by atoms with Crippen LogP contribution in [0.1, 0.15) is 19.7 Å². The molecule has 0 spiro atoms. The van der Waals surface area contributed by atoms with Gasteiger partial charge in [0.15, 0.2) is 0 Å². The zero-order valence-electron chi connectivity index (χ0n) is 13.8. The Labute approximate surface area is 149 Å². The smallest absolute Gasteiger partial charge is 0.288 e. The summed E-state index contributed by atoms with van der Waals surface area (Å²) in [6.07, 6.45) is 8.79. The molecule has 2 aromatic rings. The number of allylic oxidation sites excluding steroid dienone is 6. The van der Waals surface area contributed by atoms with Crippen molar-refractivity contribution >= 4 is 17.3 Å². The summed E-state index contributed by atoms with van der Waals surface area (Å²) in [6, 6.07) is 4.40. The van der Waals surface area contributed by atoms with E-state index in [4.69, 9.17) is 16.0 Å². The van der Waals surface area contributed by atoms with Gasteiger partial charge in [0.05, 0.1) is 11.3 Å². The van der Waals surface area contributed by atoms with E-state index >= 15 is 0 Å². The zero-order valence-corrected chi connectivity index (χ0v) is 14.5. The maximum atomic E-state index is 11.0. The van der Waals surface area contributed by atoms with Crippen LogP contribution < -0.4 is 0 Å². The minimum Gasteiger partial charge on any atom is -0.420 e. The topological polar surface area (TPSA) is 82.1 Å². The van der Waals surface area contributed by atoms with Crippen LogP contribution in [0.25, 0.3) is 11.5 Å². The number of nitrogens with zero attached hydrogens (tertiary/aromatic N) is 3. The van der Waals surface area contributed by atoms with E-state index in [0.717, 1.165) is 5.57 Å². The van der Waals surface area contributed by atoms with Crippen LogP contribution >= 0.6 is 11.6 Å². The Bertz CT molecular complexity index is 912. The molecule has 1 unspecified atom stereocenters. The van der Waals surface area contributed by atoms with Crippen LogP contribution in [-0.4, -0.2) is 15.1 Å². The zero-order chi connectivity index (χ0) is 18.0. The first kappa shape index (κ1) is 17.1. The molecular weight excluding hydrogens is 342 g/mol. The fourth-order valence-electron chi connectivity index (χ4n) is 2.39. The highest BCUT2D eigenvalue weighted by Gasteiger charge is 2.17. The second-order valence-electron chi connectivity index (χ2n) is 5.90. The molecule has 0 radical (unpaired) electrons. The van der Waals surface area contributed by atoms with E-state index in [1.807, 2.05) is 6.08 Å². The fourth-order valence-corrected chi connectivity index (χ4v) is 2.57. The third-order valence-corrected chi connectivity index (χ3v) is 4.41. The van der Waals surface area contributed by atoms with Crippen molar-refractivity contribution < 1.29 is 9.34 Å². The monoisotopic (exact) mass is 357 g/mol. The summed E-state index contributed by atoms with van der Waals surface area (Å²) in [5.74, 6) is 1.07. The molecule has 25 heavy (non-hydrogen) atoms. The van der Waals surface area contributed by atoms with Crippen LogP contribution in [0, 0.1) is 16.0 Å². The lowest BCUT2D eigenvalue weighted by atomic mass is 10.0. The van der Waals surface area contributed by atoms with E-state index in [2.05, 4.69) is 42.3 Å². The Hall–Kier alpha value is -2.73. The average molecular weight is 358 g/mol. The molecule has 1 aromatic carbocycles. The Morgan fingerprint density at radius 1 is 1.32 bits per heavy atom. The molecule has 3 rings (SSSR count). The Kier molecular flexibility index (Phi) is 4.81. The molecule has 6 nitrogen and oxygen atoms in total. The number of aromatic nitrogens is 2. The average Bonchev–Trinajstić information content (AvgIpc) is 2.98. The van der Waals surface area contributed by atoms with Crippen LogP contribution in [0.15, 0.2) is 58.1 Å². The number of benzene rings is 1. The summed E-state index contributed by atoms with van der Waals surface area (Å²) in [6.45, 7) is 4.23. The first-order valence-corrected chi connectivity index (χ1v) is 8.14. The van der Waals surface area contributed by atoms with Crippen LogP contribution in [0.4, 0.5) is 5.69 Å². The van der Waals surface area contributed by atoms with Gasteiger partial charge >= 0.3 is 0 Å². The summed E-state index contributed by atoms with van der Waals surface area (Å²) < 4.78 is 5.66. The predicted molar refractivity (Wildman–Crippen MR) is 95.2 cm³/mol. The molecule has 7 heteroatoms. The second-order valence-corrected chi connectivity index (χ2v) is 6.31. The highest BCUT2D eigenvalue weighted by atomic mass is 35.5. The standard InChI is InChI=1S/C18H16ClN3O3/c1-11-3-5-13(6-4-12(11)2)9-17-20-21-18(25-17)14-7-8-15(19)16(10-14)22(23)24/h3-8,10-11H,9H2,1-2H3. The summed E-state index contributed by atoms with van der Waals surface area (Å²) in [5, 5.41) is 19.1. The molecule has 1 aliphatic rings. The van der Waals surface area contributed by atoms with E-state index < -0.39 is 4.92 Å². The van der Waals surface area contributed by atoms with E-state index in [0.29, 0.717) is 23.8 Å². The predicted octanol–water partition coefficient (Wildman–Crippen LogP) is 4.92. The molecule has 1 aromatic heterocycles. The van der Waals surface area contributed by atoms with Crippen molar-refractivity contribution in [3.8, 4) is 11.5 Å². The lowest BCUT2D eigenvalue weighted by molar-refractivity contribution is -0.384. The fraction of sp³-hybridized carbons (Fsp3) is 0.222. The molecule has 0 fully saturated rings. The van der Waals surface area contributed by atoms with Gasteiger partial charge < -0.3 is 4.42 Å². The van der Waals surface area contributed by atoms with Crippen molar-refractivity contribution in [3.05, 3.63) is 74.7 Å². The molecule has 0 N–H and O–H groups in total. The summed E-state index contributed by atoms with van der Waals surface area (Å²) in [7, 11) is 0. The maximum Gasteiger partial charge on any atom is 0.288 e. The van der Waals surface area contributed by atoms with Gasteiger partial charge in [0.1, 0.15) is 5.02 Å². The summed E-state index contributed by atoms with van der Waals surface area (Å²) in [4.78, 5) is 10.5. The molecular formula is C18H16ClN3O3. The molecule has 0 aliphatic heterocycles. The number of hydrogen-bond acceptors (Lipinski definition) is 5. The van der Waals surface area contributed by atoms with Crippen molar-refractivity contribution in [2.24, 2.45) is 5.92 Å². The van der Waals surface area contributed by atoms with Crippen molar-refractivity contribution in [1.29, 1.82) is 0 Å². The number of hydrogen-bond donors (Lipinski definition) is 0. The SMILES string of the molecule is CC1=CC=C(Cc2nnc(-c3ccc(Cl)c([N+](=O)[O-])c3)o2)C=CC1C. The van der Waals surface area contributed by atoms with Gasteiger partial charge in [0.25, 0.3) is 5.69 Å². The molecule has 1 heterocycles. The second kappa shape index (κ2) is 7.03. The van der Waals surface area contributed by atoms with E-state index in [1.165, 1.54) is 17.7 Å². The van der Waals surface area contributed by atoms with Crippen molar-refractivity contribution in [2.75, 3.05) is 0 Å². The van der Waals surface area contributed by atoms with Gasteiger partial charge in [-0.2, -0.15) is 0 Å². The number of nitro benzene ring substituents is 1. The number of rotatable bonds is 4. The third-order valence-electron chi connectivity index (χ3n) is 4.09. The normalized spacial score (nSPS) is 17.0. The van der Waals surface area contributed by atoms with Crippen LogP contribution in [0.5, 0.6) is 0 Å². The van der Waals surface area contributed by atoms with Gasteiger partial charge in [0.2, 0.25) is 11.8 Å². The van der Waals surface area contributed by atoms with Crippen molar-refractivity contribution in [1.82, 2.24) is 10.2 Å². The Morgan fingerprint density at radius 3 is 2.88 bits per heavy atom. The van der Waals surface area contributed by atoms with Gasteiger partial charge in [0, 0.05) is 11.6 Å². The highest BCUT2D eigenvalue weighted by Crippen LogP contribution is 2.30. The molecule has 0 amide bonds. The van der Waals surface area contributed by atoms with Crippen molar-refractivity contribution in [3.63, 3.8) is 0 Å². The molecule has 128 valence electrons. The number of halogens is 1. The Morgan fingerprint density at radius 2 is 2.12 bits per heavy atom. The maximum absolute atomic E-state index is 11.0. The molecule has 0 saturated heterocycles. The number of nitro groups is 1. The van der Waals surface area contributed by atoms with Crippen LogP contribution in [-0.2, 0) is 6.42 Å². The van der Waals surface area contributed by atoms with Crippen molar-refractivity contribution in [2.45, 2.75) is 20.3 Å².